The van der Waals surface area contributed by atoms with Gasteiger partial charge < -0.3 is 60.2 Å². The highest BCUT2D eigenvalue weighted by atomic mass is 16.6. The molecule has 0 aliphatic carbocycles. The zero-order valence-electron chi connectivity index (χ0n) is 30.9. The molecule has 9 N–H and O–H groups in total. The van der Waals surface area contributed by atoms with E-state index in [-0.39, 0.29) is 25.7 Å². The summed E-state index contributed by atoms with van der Waals surface area (Å²) in [5.74, 6) is -2.35. The van der Waals surface area contributed by atoms with Crippen LogP contribution in [-0.4, -0.2) is 138 Å². The first-order valence-electron chi connectivity index (χ1n) is 18.8. The van der Waals surface area contributed by atoms with Crippen molar-refractivity contribution in [3.05, 3.63) is 0 Å². The second kappa shape index (κ2) is 29.5. The fraction of sp³-hybridized carbons (Fsp3) is 0.917. The van der Waals surface area contributed by atoms with Crippen LogP contribution in [0.2, 0.25) is 0 Å². The van der Waals surface area contributed by atoms with Gasteiger partial charge in [-0.05, 0) is 38.5 Å². The van der Waals surface area contributed by atoms with E-state index in [4.69, 9.17) is 19.3 Å². The molecule has 0 fully saturated rings. The Labute approximate surface area is 302 Å². The molecule has 0 saturated heterocycles. The third kappa shape index (κ3) is 24.8. The SMILES string of the molecule is CCCCC[C@H](O)C[C@H](O)CC(=O)O[C@H](CCCCC)C[C@H](O)CC(=O)O[C@H](CCCCC)C[C@H](O)CC(=O)OC[C@H](O)[C@H](O)[C@H](O)[C@@H](O)CO. The van der Waals surface area contributed by atoms with Crippen molar-refractivity contribution in [1.82, 2.24) is 0 Å². The minimum atomic E-state index is -1.92. The molecule has 0 unspecified atom stereocenters. The Morgan fingerprint density at radius 2 is 0.882 bits per heavy atom. The molecular weight excluding hydrogens is 672 g/mol. The number of esters is 3. The number of rotatable bonds is 32. The first-order chi connectivity index (χ1) is 24.2. The summed E-state index contributed by atoms with van der Waals surface area (Å²) in [5, 5.41) is 89.5. The molecule has 0 spiro atoms. The number of unbranched alkanes of at least 4 members (excludes halogenated alkanes) is 6. The van der Waals surface area contributed by atoms with Crippen LogP contribution in [0.15, 0.2) is 0 Å². The van der Waals surface area contributed by atoms with Gasteiger partial charge in [-0.2, -0.15) is 0 Å². The van der Waals surface area contributed by atoms with Gasteiger partial charge in [0.2, 0.25) is 0 Å². The Hall–Kier alpha value is -1.95. The summed E-state index contributed by atoms with van der Waals surface area (Å²) in [5.41, 5.74) is 0. The molecule has 0 aromatic rings. The first-order valence-corrected chi connectivity index (χ1v) is 18.8. The van der Waals surface area contributed by atoms with Crippen molar-refractivity contribution in [2.45, 2.75) is 197 Å². The van der Waals surface area contributed by atoms with Gasteiger partial charge in [-0.1, -0.05) is 65.7 Å². The van der Waals surface area contributed by atoms with Crippen molar-refractivity contribution in [1.29, 1.82) is 0 Å². The van der Waals surface area contributed by atoms with Gasteiger partial charge in [0.1, 0.15) is 43.2 Å². The van der Waals surface area contributed by atoms with Crippen LogP contribution in [0, 0.1) is 0 Å². The van der Waals surface area contributed by atoms with E-state index in [0.29, 0.717) is 25.7 Å². The van der Waals surface area contributed by atoms with Crippen LogP contribution in [0.25, 0.3) is 0 Å². The van der Waals surface area contributed by atoms with E-state index >= 15 is 0 Å². The lowest BCUT2D eigenvalue weighted by Crippen LogP contribution is -2.47. The molecular formula is C36H68O15. The maximum Gasteiger partial charge on any atom is 0.308 e. The number of carbonyl (C=O) groups excluding carboxylic acids is 3. The standard InChI is InChI=1S/C36H68O15/c1-4-7-10-13-24(38)16-25(39)20-33(45)50-29(15-12-9-6-3)18-27(41)21-34(46)51-28(14-11-8-5-2)17-26(40)19-32(44)49-23-31(43)36(48)35(47)30(42)22-37/h24-31,35-43,47-48H,4-23H2,1-3H3/t24-,25-,26-,27-,28+,29+,30-,31-,35+,36-/m0/s1. The number of ether oxygens (including phenoxy) is 3. The van der Waals surface area contributed by atoms with Gasteiger partial charge in [-0.3, -0.25) is 14.4 Å². The lowest BCUT2D eigenvalue weighted by atomic mass is 10.0. The van der Waals surface area contributed by atoms with E-state index in [2.05, 4.69) is 0 Å². The average molecular weight is 741 g/mol. The van der Waals surface area contributed by atoms with Gasteiger partial charge in [0.15, 0.2) is 0 Å². The van der Waals surface area contributed by atoms with E-state index < -0.39 is 105 Å². The summed E-state index contributed by atoms with van der Waals surface area (Å²) in [6, 6.07) is 0. The van der Waals surface area contributed by atoms with Gasteiger partial charge in [-0.25, -0.2) is 0 Å². The highest BCUT2D eigenvalue weighted by Gasteiger charge is 2.31. The molecule has 0 aliphatic heterocycles. The van der Waals surface area contributed by atoms with E-state index in [1.54, 1.807) is 0 Å². The number of carbonyl (C=O) groups is 3. The summed E-state index contributed by atoms with van der Waals surface area (Å²) >= 11 is 0. The van der Waals surface area contributed by atoms with Crippen molar-refractivity contribution in [3.63, 3.8) is 0 Å². The minimum Gasteiger partial charge on any atom is -0.463 e. The third-order valence-electron chi connectivity index (χ3n) is 8.56. The Bertz CT molecular complexity index is 906. The monoisotopic (exact) mass is 740 g/mol. The van der Waals surface area contributed by atoms with Gasteiger partial charge in [0, 0.05) is 12.8 Å². The fourth-order valence-electron chi connectivity index (χ4n) is 5.56. The molecule has 0 radical (unpaired) electrons. The smallest absolute Gasteiger partial charge is 0.308 e. The van der Waals surface area contributed by atoms with Crippen LogP contribution >= 0.6 is 0 Å². The van der Waals surface area contributed by atoms with Crippen LogP contribution in [0.5, 0.6) is 0 Å². The average Bonchev–Trinajstić information content (AvgIpc) is 3.05. The van der Waals surface area contributed by atoms with Crippen molar-refractivity contribution in [2.24, 2.45) is 0 Å². The second-order valence-corrected chi connectivity index (χ2v) is 13.6. The maximum atomic E-state index is 12.8. The lowest BCUT2D eigenvalue weighted by Gasteiger charge is -2.25. The molecule has 0 aromatic heterocycles. The van der Waals surface area contributed by atoms with Gasteiger partial charge in [0.05, 0.1) is 50.3 Å². The van der Waals surface area contributed by atoms with Crippen molar-refractivity contribution < 1.29 is 74.6 Å². The van der Waals surface area contributed by atoms with Gasteiger partial charge in [0.25, 0.3) is 0 Å². The van der Waals surface area contributed by atoms with Gasteiger partial charge in [-0.15, -0.1) is 0 Å². The van der Waals surface area contributed by atoms with E-state index in [0.717, 1.165) is 51.4 Å². The van der Waals surface area contributed by atoms with Crippen LogP contribution < -0.4 is 0 Å². The Morgan fingerprint density at radius 1 is 0.490 bits per heavy atom. The van der Waals surface area contributed by atoms with E-state index in [9.17, 15) is 55.2 Å². The number of aliphatic hydroxyl groups excluding tert-OH is 9. The summed E-state index contributed by atoms with van der Waals surface area (Å²) < 4.78 is 16.0. The van der Waals surface area contributed by atoms with Crippen molar-refractivity contribution in [3.8, 4) is 0 Å². The summed E-state index contributed by atoms with van der Waals surface area (Å²) in [6.07, 6.45) is -5.43. The van der Waals surface area contributed by atoms with E-state index in [1.807, 2.05) is 20.8 Å². The lowest BCUT2D eigenvalue weighted by molar-refractivity contribution is -0.159. The molecule has 0 rings (SSSR count). The molecule has 10 atom stereocenters. The van der Waals surface area contributed by atoms with Gasteiger partial charge >= 0.3 is 17.9 Å². The van der Waals surface area contributed by atoms with Crippen LogP contribution in [-0.2, 0) is 28.6 Å². The molecule has 0 bridgehead atoms. The highest BCUT2D eigenvalue weighted by Crippen LogP contribution is 2.20. The predicted octanol–water partition coefficient (Wildman–Crippen LogP) is 1.31. The molecule has 0 saturated carbocycles. The quantitative estimate of drug-likeness (QED) is 0.0268. The molecule has 0 aromatic carbocycles. The summed E-state index contributed by atoms with van der Waals surface area (Å²) in [4.78, 5) is 37.7. The normalized spacial score (nSPS) is 17.6. The van der Waals surface area contributed by atoms with Crippen LogP contribution in [0.3, 0.4) is 0 Å². The molecule has 0 aliphatic rings. The largest absolute Gasteiger partial charge is 0.463 e. The molecule has 51 heavy (non-hydrogen) atoms. The zero-order chi connectivity index (χ0) is 38.8. The zero-order valence-corrected chi connectivity index (χ0v) is 30.9. The molecule has 0 amide bonds. The topological polar surface area (TPSA) is 261 Å². The van der Waals surface area contributed by atoms with Crippen molar-refractivity contribution >= 4 is 17.9 Å². The summed E-state index contributed by atoms with van der Waals surface area (Å²) in [7, 11) is 0. The Morgan fingerprint density at radius 3 is 1.31 bits per heavy atom. The maximum absolute atomic E-state index is 12.8. The second-order valence-electron chi connectivity index (χ2n) is 13.6. The van der Waals surface area contributed by atoms with Crippen molar-refractivity contribution in [2.75, 3.05) is 13.2 Å². The molecule has 15 heteroatoms. The minimum absolute atomic E-state index is 0.0359. The number of aliphatic hydroxyl groups is 9. The third-order valence-corrected chi connectivity index (χ3v) is 8.56. The van der Waals surface area contributed by atoms with Crippen LogP contribution in [0.4, 0.5) is 0 Å². The van der Waals surface area contributed by atoms with Crippen LogP contribution in [0.1, 0.15) is 136 Å². The fourth-order valence-corrected chi connectivity index (χ4v) is 5.56. The predicted molar refractivity (Wildman–Crippen MR) is 186 cm³/mol. The highest BCUT2D eigenvalue weighted by molar-refractivity contribution is 5.71. The molecule has 15 nitrogen and oxygen atoms in total. The first kappa shape index (κ1) is 49.0. The Balaban J connectivity index is 5.08. The van der Waals surface area contributed by atoms with E-state index in [1.165, 1.54) is 0 Å². The number of hydrogen-bond donors (Lipinski definition) is 9. The number of hydrogen-bond acceptors (Lipinski definition) is 15. The molecule has 302 valence electrons. The molecule has 0 heterocycles. The Kier molecular flexibility index (Phi) is 28.4. The summed E-state index contributed by atoms with van der Waals surface area (Å²) in [6.45, 7) is 4.43.